The molecule has 2 fully saturated rings. The molecular formula is C59H86N10O9. The molecule has 19 heteroatoms. The number of esters is 1. The zero-order chi connectivity index (χ0) is 56.9. The summed E-state index contributed by atoms with van der Waals surface area (Å²) in [7, 11) is 1.28. The predicted molar refractivity (Wildman–Crippen MR) is 300 cm³/mol. The minimum Gasteiger partial charge on any atom is -0.467 e. The highest BCUT2D eigenvalue weighted by Crippen LogP contribution is 2.33. The molecule has 4 aromatic rings. The molecule has 6 rings (SSSR count). The normalized spacial score (nSPS) is 17.3. The molecule has 2 aliphatic rings. The van der Waals surface area contributed by atoms with Crippen molar-refractivity contribution in [1.29, 1.82) is 0 Å². The van der Waals surface area contributed by atoms with Crippen LogP contribution in [0.3, 0.4) is 0 Å². The van der Waals surface area contributed by atoms with Gasteiger partial charge >= 0.3 is 5.97 Å². The van der Waals surface area contributed by atoms with Gasteiger partial charge in [0.2, 0.25) is 41.4 Å². The number of fused-ring (bicyclic) bond motifs is 2. The number of ether oxygens (including phenoxy) is 1. The fourth-order valence-corrected chi connectivity index (χ4v) is 11.2. The predicted octanol–water partition coefficient (Wildman–Crippen LogP) is 5.40. The molecule has 19 nitrogen and oxygen atoms in total. The van der Waals surface area contributed by atoms with Gasteiger partial charge in [0, 0.05) is 40.6 Å². The molecule has 0 aliphatic heterocycles. The molecule has 7 amide bonds. The number of hydrogen-bond donors (Lipinski definition) is 10. The van der Waals surface area contributed by atoms with E-state index in [9.17, 15) is 38.4 Å². The lowest BCUT2D eigenvalue weighted by atomic mass is 9.92. The third-order valence-electron chi connectivity index (χ3n) is 15.2. The van der Waals surface area contributed by atoms with Crippen LogP contribution in [0.4, 0.5) is 0 Å². The van der Waals surface area contributed by atoms with Gasteiger partial charge in [0.05, 0.1) is 13.2 Å². The minimum absolute atomic E-state index is 0.0162. The molecule has 6 atom stereocenters. The summed E-state index contributed by atoms with van der Waals surface area (Å²) in [6.07, 6.45) is 8.85. The quantitative estimate of drug-likeness (QED) is 0.0339. The number of carbonyl (C=O) groups excluding carboxylic acids is 8. The van der Waals surface area contributed by atoms with Crippen molar-refractivity contribution in [3.8, 4) is 0 Å². The number of nitrogens with two attached hydrogens (primary N) is 1. The maximum absolute atomic E-state index is 14.7. The van der Waals surface area contributed by atoms with Crippen molar-refractivity contribution in [3.05, 3.63) is 72.1 Å². The maximum atomic E-state index is 14.7. The van der Waals surface area contributed by atoms with Crippen LogP contribution in [0.2, 0.25) is 0 Å². The van der Waals surface area contributed by atoms with Gasteiger partial charge in [-0.25, -0.2) is 4.79 Å². The van der Waals surface area contributed by atoms with Crippen molar-refractivity contribution in [2.24, 2.45) is 29.4 Å². The van der Waals surface area contributed by atoms with Crippen molar-refractivity contribution in [3.63, 3.8) is 0 Å². The SMILES string of the molecule is COC(=O)C1(NC(=O)[C@H](CC(C)C)NC(=O)[C@H](CC(C)C)NC(=O)C2(NC(=O)[C@H](CC(C)C)NC(=O)[C@H](CC(C)C)NC(=O)[C@H](Cc3c[nH]c4ccccc34)NC(=O)[C@@H](N)Cc3c[nH]c4ccccc34)CCCC2)CCCC1. The number of rotatable bonds is 27. The van der Waals surface area contributed by atoms with E-state index in [4.69, 9.17) is 10.5 Å². The van der Waals surface area contributed by atoms with Crippen molar-refractivity contribution < 1.29 is 43.1 Å². The Morgan fingerprint density at radius 3 is 1.28 bits per heavy atom. The fourth-order valence-electron chi connectivity index (χ4n) is 11.2. The number of hydrogen-bond acceptors (Lipinski definition) is 10. The zero-order valence-electron chi connectivity index (χ0n) is 47.2. The largest absolute Gasteiger partial charge is 0.467 e. The molecule has 0 spiro atoms. The first kappa shape index (κ1) is 60.5. The molecule has 11 N–H and O–H groups in total. The Hall–Kier alpha value is -6.76. The summed E-state index contributed by atoms with van der Waals surface area (Å²) in [5.41, 5.74) is 7.30. The third-order valence-corrected chi connectivity index (χ3v) is 15.2. The van der Waals surface area contributed by atoms with Crippen LogP contribution < -0.4 is 43.0 Å². The van der Waals surface area contributed by atoms with Crippen LogP contribution in [0.15, 0.2) is 60.9 Å². The fraction of sp³-hybridized carbons (Fsp3) is 0.593. The Morgan fingerprint density at radius 1 is 0.487 bits per heavy atom. The van der Waals surface area contributed by atoms with Crippen molar-refractivity contribution in [1.82, 2.24) is 47.2 Å². The Morgan fingerprint density at radius 2 is 0.846 bits per heavy atom. The second-order valence-electron chi connectivity index (χ2n) is 23.6. The summed E-state index contributed by atoms with van der Waals surface area (Å²) in [5, 5.41) is 22.3. The Kier molecular flexibility index (Phi) is 21.1. The lowest BCUT2D eigenvalue weighted by molar-refractivity contribution is -0.151. The van der Waals surface area contributed by atoms with Gasteiger partial charge < -0.3 is 57.7 Å². The highest BCUT2D eigenvalue weighted by Gasteiger charge is 2.47. The molecule has 2 saturated carbocycles. The van der Waals surface area contributed by atoms with Gasteiger partial charge in [0.1, 0.15) is 41.3 Å². The summed E-state index contributed by atoms with van der Waals surface area (Å²) in [5.74, 6) is -4.81. The van der Waals surface area contributed by atoms with Gasteiger partial charge in [-0.05, 0) is 105 Å². The van der Waals surface area contributed by atoms with E-state index in [1.807, 2.05) is 110 Å². The average Bonchev–Trinajstić information content (AvgIpc) is 4.23. The second kappa shape index (κ2) is 27.2. The van der Waals surface area contributed by atoms with Crippen molar-refractivity contribution in [2.75, 3.05) is 7.11 Å². The van der Waals surface area contributed by atoms with E-state index >= 15 is 0 Å². The van der Waals surface area contributed by atoms with Gasteiger partial charge in [-0.3, -0.25) is 33.6 Å². The maximum Gasteiger partial charge on any atom is 0.331 e. The highest BCUT2D eigenvalue weighted by atomic mass is 16.5. The van der Waals surface area contributed by atoms with Crippen LogP contribution >= 0.6 is 0 Å². The molecular weight excluding hydrogens is 993 g/mol. The molecule has 0 saturated heterocycles. The first-order chi connectivity index (χ1) is 37.0. The van der Waals surface area contributed by atoms with E-state index in [2.05, 4.69) is 47.2 Å². The minimum atomic E-state index is -1.43. The van der Waals surface area contributed by atoms with E-state index in [0.717, 1.165) is 45.8 Å². The first-order valence-electron chi connectivity index (χ1n) is 28.1. The topological polar surface area (TPSA) is 288 Å². The molecule has 2 aromatic carbocycles. The van der Waals surface area contributed by atoms with Gasteiger partial charge in [0.15, 0.2) is 0 Å². The molecule has 0 bridgehead atoms. The number of nitrogens with one attached hydrogen (secondary N) is 9. The monoisotopic (exact) mass is 1080 g/mol. The Labute approximate surface area is 459 Å². The number of amides is 7. The van der Waals surface area contributed by atoms with E-state index < -0.39 is 94.6 Å². The number of H-pyrrole nitrogens is 2. The smallest absolute Gasteiger partial charge is 0.331 e. The Bertz CT molecular complexity index is 2730. The summed E-state index contributed by atoms with van der Waals surface area (Å²) in [6, 6.07) is 8.79. The van der Waals surface area contributed by atoms with Crippen molar-refractivity contribution >= 4 is 69.1 Å². The number of methoxy groups -OCH3 is 1. The van der Waals surface area contributed by atoms with Crippen LogP contribution in [0, 0.1) is 23.7 Å². The number of carbonyl (C=O) groups is 8. The number of aromatic nitrogens is 2. The van der Waals surface area contributed by atoms with Gasteiger partial charge in [-0.2, -0.15) is 0 Å². The molecule has 2 aliphatic carbocycles. The van der Waals surface area contributed by atoms with Crippen LogP contribution in [-0.4, -0.2) is 112 Å². The van der Waals surface area contributed by atoms with E-state index in [0.29, 0.717) is 25.7 Å². The van der Waals surface area contributed by atoms with E-state index in [-0.39, 0.29) is 75.0 Å². The van der Waals surface area contributed by atoms with Crippen LogP contribution in [0.1, 0.15) is 144 Å². The summed E-state index contributed by atoms with van der Waals surface area (Å²) < 4.78 is 5.08. The summed E-state index contributed by atoms with van der Waals surface area (Å²) >= 11 is 0. The number of benzene rings is 2. The van der Waals surface area contributed by atoms with Gasteiger partial charge in [0.25, 0.3) is 0 Å². The Balaban J connectivity index is 1.18. The third kappa shape index (κ3) is 15.7. The molecule has 78 heavy (non-hydrogen) atoms. The average molecular weight is 1080 g/mol. The standard InChI is InChI=1S/C59H86N10O9/c1-34(2)26-45(64-53(73)49(31-39-33-62-44-21-13-11-19-41(39)44)63-50(70)42(60)30-38-32-61-43-20-12-10-18-40(38)43)51(71)65-47(28-36(5)6)54(74)68-58(22-14-15-23-58)56(76)67-46(27-35(3)4)52(72)66-48(29-37(7)8)55(75)69-59(57(77)78-9)24-16-17-25-59/h10-13,18-21,32-37,42,45-49,61-62H,14-17,22-31,60H2,1-9H3,(H,63,70)(H,64,73)(H,65,71)(H,66,72)(H,67,76)(H,68,74)(H,69,75)/t42-,45-,46-,47-,48-,49-/m0/s1. The van der Waals surface area contributed by atoms with Crippen LogP contribution in [-0.2, 0) is 55.9 Å². The number of para-hydroxylation sites is 2. The van der Waals surface area contributed by atoms with E-state index in [1.54, 1.807) is 6.20 Å². The van der Waals surface area contributed by atoms with Crippen LogP contribution in [0.25, 0.3) is 21.8 Å². The molecule has 0 unspecified atom stereocenters. The second-order valence-corrected chi connectivity index (χ2v) is 23.6. The van der Waals surface area contributed by atoms with Crippen LogP contribution in [0.5, 0.6) is 0 Å². The van der Waals surface area contributed by atoms with E-state index in [1.165, 1.54) is 7.11 Å². The lowest BCUT2D eigenvalue weighted by Gasteiger charge is -2.34. The molecule has 0 radical (unpaired) electrons. The summed E-state index contributed by atoms with van der Waals surface area (Å²) in [6.45, 7) is 15.3. The summed E-state index contributed by atoms with van der Waals surface area (Å²) in [4.78, 5) is 120. The zero-order valence-corrected chi connectivity index (χ0v) is 47.2. The number of aromatic amines is 2. The molecule has 426 valence electrons. The molecule has 2 aromatic heterocycles. The highest BCUT2D eigenvalue weighted by molar-refractivity contribution is 6.00. The van der Waals surface area contributed by atoms with Crippen molar-refractivity contribution in [2.45, 2.75) is 193 Å². The van der Waals surface area contributed by atoms with Gasteiger partial charge in [-0.1, -0.05) is 117 Å². The first-order valence-corrected chi connectivity index (χ1v) is 28.1. The lowest BCUT2D eigenvalue weighted by Crippen LogP contribution is -2.65. The van der Waals surface area contributed by atoms with Gasteiger partial charge in [-0.15, -0.1) is 0 Å². The molecule has 2 heterocycles.